The molecule has 0 aromatic carbocycles. The molecule has 0 radical (unpaired) electrons. The number of ether oxygens (including phenoxy) is 1. The fraction of sp³-hybridized carbons (Fsp3) is 0.808. The van der Waals surface area contributed by atoms with Crippen LogP contribution in [0.4, 0.5) is 13.2 Å². The normalized spacial score (nSPS) is 13.7. The summed E-state index contributed by atoms with van der Waals surface area (Å²) in [5.74, 6) is 1.27. The molecule has 0 fully saturated rings. The highest BCUT2D eigenvalue weighted by molar-refractivity contribution is 8.00. The van der Waals surface area contributed by atoms with Crippen LogP contribution in [0.15, 0.2) is 0 Å². The highest BCUT2D eigenvalue weighted by Gasteiger charge is 2.41. The molecule has 0 rings (SSSR count). The first-order chi connectivity index (χ1) is 17.5. The number of methoxy groups -OCH3 is 1. The zero-order valence-corrected chi connectivity index (χ0v) is 22.7. The van der Waals surface area contributed by atoms with E-state index < -0.39 is 41.4 Å². The standard InChI is InChI=1S/C26H42F3NO6S/c1-3-4-5-6-7-8-9-10-11-12-13-14-17-22(21(31)16-15-18-23(32)33)37-19-20(24(34)36-2)30-25(35)26(27,28)29/h20-22,31H,3-13,15-16,18-19H2,1-2H3,(H,30,35)(H,32,33)/t20-,21+,22-/m0/s1. The summed E-state index contributed by atoms with van der Waals surface area (Å²) in [4.78, 5) is 33.9. The first kappa shape index (κ1) is 35.1. The maximum Gasteiger partial charge on any atom is 0.471 e. The first-order valence-electron chi connectivity index (χ1n) is 13.0. The summed E-state index contributed by atoms with van der Waals surface area (Å²) in [5.41, 5.74) is 0. The maximum atomic E-state index is 12.6. The number of carbonyl (C=O) groups is 3. The Bertz CT molecular complexity index is 723. The number of aliphatic hydroxyl groups excluding tert-OH is 1. The van der Waals surface area contributed by atoms with Crippen molar-refractivity contribution in [2.75, 3.05) is 12.9 Å². The van der Waals surface area contributed by atoms with Crippen LogP contribution in [0, 0.1) is 11.8 Å². The quantitative estimate of drug-likeness (QED) is 0.107. The number of thioether (sulfide) groups is 1. The van der Waals surface area contributed by atoms with Crippen LogP contribution >= 0.6 is 11.8 Å². The van der Waals surface area contributed by atoms with Crippen molar-refractivity contribution in [3.8, 4) is 11.8 Å². The number of halogens is 3. The fourth-order valence-corrected chi connectivity index (χ4v) is 4.63. The average Bonchev–Trinajstić information content (AvgIpc) is 2.83. The molecule has 0 heterocycles. The second-order valence-electron chi connectivity index (χ2n) is 8.91. The van der Waals surface area contributed by atoms with Gasteiger partial charge in [0.25, 0.3) is 0 Å². The summed E-state index contributed by atoms with van der Waals surface area (Å²) in [6, 6.07) is -1.58. The SMILES string of the molecule is CCCCCCCCCCCCC#C[C@H](SC[C@H](NC(=O)C(F)(F)F)C(=O)OC)[C@H](O)CCCC(=O)O. The van der Waals surface area contributed by atoms with E-state index in [1.807, 2.05) is 0 Å². The van der Waals surface area contributed by atoms with Gasteiger partial charge in [0.1, 0.15) is 6.04 Å². The molecule has 11 heteroatoms. The number of esters is 1. The van der Waals surface area contributed by atoms with Crippen LogP contribution in [0.3, 0.4) is 0 Å². The summed E-state index contributed by atoms with van der Waals surface area (Å²) >= 11 is 0.922. The smallest absolute Gasteiger partial charge is 0.471 e. The largest absolute Gasteiger partial charge is 0.481 e. The first-order valence-corrected chi connectivity index (χ1v) is 14.0. The highest BCUT2D eigenvalue weighted by atomic mass is 32.2. The number of alkyl halides is 3. The van der Waals surface area contributed by atoms with Gasteiger partial charge in [-0.05, 0) is 19.3 Å². The molecule has 0 saturated carbocycles. The van der Waals surface area contributed by atoms with Gasteiger partial charge in [-0.2, -0.15) is 13.2 Å². The van der Waals surface area contributed by atoms with Crippen LogP contribution in [0.5, 0.6) is 0 Å². The van der Waals surface area contributed by atoms with Crippen molar-refractivity contribution in [1.29, 1.82) is 0 Å². The van der Waals surface area contributed by atoms with Crippen molar-refractivity contribution >= 4 is 29.6 Å². The van der Waals surface area contributed by atoms with Crippen molar-refractivity contribution in [2.45, 2.75) is 120 Å². The van der Waals surface area contributed by atoms with Crippen molar-refractivity contribution in [3.63, 3.8) is 0 Å². The summed E-state index contributed by atoms with van der Waals surface area (Å²) in [6.45, 7) is 2.20. The van der Waals surface area contributed by atoms with E-state index in [9.17, 15) is 32.7 Å². The Morgan fingerprint density at radius 3 is 2.05 bits per heavy atom. The number of nitrogens with one attached hydrogen (secondary N) is 1. The predicted molar refractivity (Wildman–Crippen MR) is 138 cm³/mol. The summed E-state index contributed by atoms with van der Waals surface area (Å²) in [5, 5.41) is 20.2. The van der Waals surface area contributed by atoms with Gasteiger partial charge in [-0.15, -0.1) is 17.7 Å². The van der Waals surface area contributed by atoms with E-state index in [0.29, 0.717) is 6.42 Å². The summed E-state index contributed by atoms with van der Waals surface area (Å²) in [7, 11) is 0.990. The molecule has 7 nitrogen and oxygen atoms in total. The van der Waals surface area contributed by atoms with Gasteiger partial charge in [0.05, 0.1) is 18.5 Å². The van der Waals surface area contributed by atoms with Gasteiger partial charge in [-0.25, -0.2) is 4.79 Å². The summed E-state index contributed by atoms with van der Waals surface area (Å²) in [6.07, 6.45) is 6.31. The molecule has 0 aromatic heterocycles. The number of hydrogen-bond donors (Lipinski definition) is 3. The van der Waals surface area contributed by atoms with Gasteiger partial charge < -0.3 is 20.3 Å². The highest BCUT2D eigenvalue weighted by Crippen LogP contribution is 2.21. The number of aliphatic hydroxyl groups is 1. The number of rotatable bonds is 20. The molecule has 214 valence electrons. The molecule has 0 saturated heterocycles. The van der Waals surface area contributed by atoms with E-state index in [4.69, 9.17) is 5.11 Å². The van der Waals surface area contributed by atoms with Gasteiger partial charge in [0.15, 0.2) is 0 Å². The second kappa shape index (κ2) is 21.1. The number of carbonyl (C=O) groups excluding carboxylic acids is 2. The third kappa shape index (κ3) is 18.9. The van der Waals surface area contributed by atoms with Crippen LogP contribution in [0.1, 0.15) is 96.8 Å². The van der Waals surface area contributed by atoms with Gasteiger partial charge in [-0.1, -0.05) is 70.6 Å². The van der Waals surface area contributed by atoms with Crippen molar-refractivity contribution in [3.05, 3.63) is 0 Å². The number of carboxylic acid groups (broad SMARTS) is 1. The molecule has 3 atom stereocenters. The lowest BCUT2D eigenvalue weighted by Crippen LogP contribution is -2.49. The van der Waals surface area contributed by atoms with E-state index in [-0.39, 0.29) is 25.0 Å². The second-order valence-corrected chi connectivity index (χ2v) is 10.1. The third-order valence-corrected chi connectivity index (χ3v) is 6.95. The molecule has 0 unspecified atom stereocenters. The van der Waals surface area contributed by atoms with Crippen LogP contribution < -0.4 is 5.32 Å². The topological polar surface area (TPSA) is 113 Å². The van der Waals surface area contributed by atoms with E-state index in [0.717, 1.165) is 38.1 Å². The molecule has 1 amide bonds. The number of unbranched alkanes of at least 4 members (excludes halogenated alkanes) is 10. The number of aliphatic carboxylic acids is 1. The minimum absolute atomic E-state index is 0.120. The lowest BCUT2D eigenvalue weighted by Gasteiger charge is -2.21. The Balaban J connectivity index is 4.83. The molecule has 0 aromatic rings. The average molecular weight is 554 g/mol. The molecule has 0 aliphatic rings. The van der Waals surface area contributed by atoms with Gasteiger partial charge >= 0.3 is 24.0 Å². The molecule has 0 aliphatic heterocycles. The molecule has 0 bridgehead atoms. The number of hydrogen-bond acceptors (Lipinski definition) is 6. The van der Waals surface area contributed by atoms with Gasteiger partial charge in [0.2, 0.25) is 0 Å². The lowest BCUT2D eigenvalue weighted by molar-refractivity contribution is -0.175. The third-order valence-electron chi connectivity index (χ3n) is 5.63. The Morgan fingerprint density at radius 2 is 1.54 bits per heavy atom. The molecule has 0 aliphatic carbocycles. The Labute approximate surface area is 222 Å². The van der Waals surface area contributed by atoms with Crippen molar-refractivity contribution in [1.82, 2.24) is 5.32 Å². The Morgan fingerprint density at radius 1 is 0.973 bits per heavy atom. The van der Waals surface area contributed by atoms with Gasteiger partial charge in [0, 0.05) is 18.6 Å². The number of amides is 1. The predicted octanol–water partition coefficient (Wildman–Crippen LogP) is 5.24. The molecule has 0 spiro atoms. The molecular formula is C26H42F3NO6S. The van der Waals surface area contributed by atoms with Crippen LogP contribution in [0.2, 0.25) is 0 Å². The molecule has 37 heavy (non-hydrogen) atoms. The van der Waals surface area contributed by atoms with E-state index in [2.05, 4.69) is 23.5 Å². The minimum Gasteiger partial charge on any atom is -0.481 e. The monoisotopic (exact) mass is 553 g/mol. The van der Waals surface area contributed by atoms with Crippen LogP contribution in [0.25, 0.3) is 0 Å². The minimum atomic E-state index is -5.17. The zero-order chi connectivity index (χ0) is 28.1. The maximum absolute atomic E-state index is 12.6. The van der Waals surface area contributed by atoms with E-state index in [1.54, 1.807) is 5.32 Å². The van der Waals surface area contributed by atoms with Gasteiger partial charge in [-0.3, -0.25) is 9.59 Å². The molecule has 3 N–H and O–H groups in total. The zero-order valence-electron chi connectivity index (χ0n) is 21.9. The van der Waals surface area contributed by atoms with Crippen molar-refractivity contribution < 1.29 is 42.5 Å². The lowest BCUT2D eigenvalue weighted by atomic mass is 10.1. The molecular weight excluding hydrogens is 511 g/mol. The Hall–Kier alpha value is -1.93. The van der Waals surface area contributed by atoms with Crippen LogP contribution in [-0.4, -0.2) is 64.5 Å². The number of carboxylic acids is 1. The Kier molecular flexibility index (Phi) is 20.0. The summed E-state index contributed by atoms with van der Waals surface area (Å²) < 4.78 is 42.4. The van der Waals surface area contributed by atoms with E-state index in [1.165, 1.54) is 44.9 Å². The van der Waals surface area contributed by atoms with E-state index >= 15 is 0 Å². The van der Waals surface area contributed by atoms with Crippen LogP contribution in [-0.2, 0) is 19.1 Å². The van der Waals surface area contributed by atoms with Crippen molar-refractivity contribution in [2.24, 2.45) is 0 Å². The fourth-order valence-electron chi connectivity index (χ4n) is 3.49.